The van der Waals surface area contributed by atoms with Crippen molar-refractivity contribution in [3.63, 3.8) is 0 Å². The lowest BCUT2D eigenvalue weighted by atomic mass is 9.91. The first-order valence-electron chi connectivity index (χ1n) is 9.59. The molecule has 0 radical (unpaired) electrons. The van der Waals surface area contributed by atoms with Gasteiger partial charge in [-0.1, -0.05) is 41.9 Å². The zero-order valence-electron chi connectivity index (χ0n) is 15.6. The van der Waals surface area contributed by atoms with Crippen molar-refractivity contribution in [2.75, 3.05) is 13.1 Å². The number of carbonyl (C=O) groups is 1. The summed E-state index contributed by atoms with van der Waals surface area (Å²) in [5, 5.41) is 11.7. The second kappa shape index (κ2) is 8.59. The SMILES string of the molecule is O=C(NCc1ccccc1)c1cnn(-c2ccc(Cl)cc2)c1C1CCNCC1. The molecule has 1 saturated heterocycles. The van der Waals surface area contributed by atoms with Crippen LogP contribution in [0, 0.1) is 0 Å². The molecule has 6 heteroatoms. The number of benzene rings is 2. The highest BCUT2D eigenvalue weighted by Gasteiger charge is 2.26. The second-order valence-electron chi connectivity index (χ2n) is 7.02. The lowest BCUT2D eigenvalue weighted by molar-refractivity contribution is 0.0949. The van der Waals surface area contributed by atoms with Crippen LogP contribution in [0.1, 0.15) is 40.4 Å². The lowest BCUT2D eigenvalue weighted by Gasteiger charge is -2.24. The van der Waals surface area contributed by atoms with Crippen LogP contribution in [0.25, 0.3) is 5.69 Å². The van der Waals surface area contributed by atoms with E-state index in [0.29, 0.717) is 17.1 Å². The van der Waals surface area contributed by atoms with E-state index in [2.05, 4.69) is 15.7 Å². The van der Waals surface area contributed by atoms with Gasteiger partial charge in [0.25, 0.3) is 5.91 Å². The van der Waals surface area contributed by atoms with Crippen molar-refractivity contribution in [3.05, 3.63) is 82.6 Å². The Labute approximate surface area is 169 Å². The predicted molar refractivity (Wildman–Crippen MR) is 111 cm³/mol. The third-order valence-corrected chi connectivity index (χ3v) is 5.40. The zero-order chi connectivity index (χ0) is 19.3. The maximum absolute atomic E-state index is 13.0. The topological polar surface area (TPSA) is 59.0 Å². The summed E-state index contributed by atoms with van der Waals surface area (Å²) in [7, 11) is 0. The fourth-order valence-electron chi connectivity index (χ4n) is 3.68. The monoisotopic (exact) mass is 394 g/mol. The van der Waals surface area contributed by atoms with Crippen molar-refractivity contribution in [1.82, 2.24) is 20.4 Å². The minimum Gasteiger partial charge on any atom is -0.348 e. The van der Waals surface area contributed by atoms with Gasteiger partial charge in [-0.15, -0.1) is 0 Å². The molecule has 1 aromatic heterocycles. The summed E-state index contributed by atoms with van der Waals surface area (Å²) < 4.78 is 1.89. The molecule has 1 aliphatic rings. The molecule has 5 nitrogen and oxygen atoms in total. The minimum atomic E-state index is -0.0856. The quantitative estimate of drug-likeness (QED) is 0.689. The average molecular weight is 395 g/mol. The minimum absolute atomic E-state index is 0.0856. The van der Waals surface area contributed by atoms with Gasteiger partial charge >= 0.3 is 0 Å². The van der Waals surface area contributed by atoms with Gasteiger partial charge in [-0.3, -0.25) is 4.79 Å². The van der Waals surface area contributed by atoms with Crippen molar-refractivity contribution in [2.45, 2.75) is 25.3 Å². The van der Waals surface area contributed by atoms with Crippen LogP contribution in [-0.4, -0.2) is 28.8 Å². The molecule has 28 heavy (non-hydrogen) atoms. The van der Waals surface area contributed by atoms with E-state index in [4.69, 9.17) is 11.6 Å². The first-order chi connectivity index (χ1) is 13.7. The molecule has 0 spiro atoms. The van der Waals surface area contributed by atoms with Gasteiger partial charge < -0.3 is 10.6 Å². The molecule has 1 amide bonds. The maximum Gasteiger partial charge on any atom is 0.255 e. The van der Waals surface area contributed by atoms with E-state index < -0.39 is 0 Å². The molecule has 0 atom stereocenters. The zero-order valence-corrected chi connectivity index (χ0v) is 16.3. The summed E-state index contributed by atoms with van der Waals surface area (Å²) in [6.07, 6.45) is 3.66. The van der Waals surface area contributed by atoms with Crippen LogP contribution in [0.5, 0.6) is 0 Å². The molecule has 0 saturated carbocycles. The molecule has 1 fully saturated rings. The van der Waals surface area contributed by atoms with Gasteiger partial charge in [0.1, 0.15) is 0 Å². The van der Waals surface area contributed by atoms with Gasteiger partial charge in [0, 0.05) is 17.5 Å². The van der Waals surface area contributed by atoms with E-state index in [9.17, 15) is 4.79 Å². The van der Waals surface area contributed by atoms with Crippen molar-refractivity contribution < 1.29 is 4.79 Å². The van der Waals surface area contributed by atoms with E-state index >= 15 is 0 Å². The van der Waals surface area contributed by atoms with Gasteiger partial charge in [0.15, 0.2) is 0 Å². The average Bonchev–Trinajstić information content (AvgIpc) is 3.19. The van der Waals surface area contributed by atoms with Gasteiger partial charge in [0.05, 0.1) is 23.1 Å². The largest absolute Gasteiger partial charge is 0.348 e. The number of hydrogen-bond acceptors (Lipinski definition) is 3. The van der Waals surface area contributed by atoms with E-state index in [1.807, 2.05) is 59.3 Å². The molecule has 0 unspecified atom stereocenters. The first kappa shape index (κ1) is 18.7. The fraction of sp³-hybridized carbons (Fsp3) is 0.273. The Morgan fingerprint density at radius 3 is 2.54 bits per heavy atom. The number of piperidine rings is 1. The van der Waals surface area contributed by atoms with Crippen LogP contribution in [0.4, 0.5) is 0 Å². The van der Waals surface area contributed by atoms with Crippen LogP contribution in [0.15, 0.2) is 60.8 Å². The van der Waals surface area contributed by atoms with Gasteiger partial charge in [-0.25, -0.2) is 4.68 Å². The standard InChI is InChI=1S/C22H23ClN4O/c23-18-6-8-19(9-7-18)27-21(17-10-12-24-13-11-17)20(15-26-27)22(28)25-14-16-4-2-1-3-5-16/h1-9,15,17,24H,10-14H2,(H,25,28). The molecule has 0 bridgehead atoms. The molecule has 0 aliphatic carbocycles. The Morgan fingerprint density at radius 1 is 1.11 bits per heavy atom. The maximum atomic E-state index is 13.0. The molecule has 2 heterocycles. The van der Waals surface area contributed by atoms with E-state index in [1.165, 1.54) is 0 Å². The Balaban J connectivity index is 1.64. The van der Waals surface area contributed by atoms with Crippen molar-refractivity contribution in [3.8, 4) is 5.69 Å². The Bertz CT molecular complexity index is 931. The highest BCUT2D eigenvalue weighted by Crippen LogP contribution is 2.30. The van der Waals surface area contributed by atoms with E-state index in [-0.39, 0.29) is 11.8 Å². The molecular weight excluding hydrogens is 372 g/mol. The number of aromatic nitrogens is 2. The van der Waals surface area contributed by atoms with Crippen molar-refractivity contribution >= 4 is 17.5 Å². The Hall–Kier alpha value is -2.63. The van der Waals surface area contributed by atoms with Crippen LogP contribution in [0.2, 0.25) is 5.02 Å². The fourth-order valence-corrected chi connectivity index (χ4v) is 3.81. The summed E-state index contributed by atoms with van der Waals surface area (Å²) in [5.74, 6) is 0.203. The number of halogens is 1. The third kappa shape index (κ3) is 4.11. The van der Waals surface area contributed by atoms with Gasteiger partial charge in [-0.05, 0) is 55.8 Å². The second-order valence-corrected chi connectivity index (χ2v) is 7.46. The van der Waals surface area contributed by atoms with Crippen molar-refractivity contribution in [1.29, 1.82) is 0 Å². The molecule has 2 N–H and O–H groups in total. The van der Waals surface area contributed by atoms with E-state index in [0.717, 1.165) is 42.9 Å². The predicted octanol–water partition coefficient (Wildman–Crippen LogP) is 3.92. The van der Waals surface area contributed by atoms with Crippen LogP contribution in [-0.2, 0) is 6.54 Å². The smallest absolute Gasteiger partial charge is 0.255 e. The van der Waals surface area contributed by atoms with Crippen LogP contribution < -0.4 is 10.6 Å². The van der Waals surface area contributed by atoms with Gasteiger partial charge in [0.2, 0.25) is 0 Å². The number of rotatable bonds is 5. The number of carbonyl (C=O) groups excluding carboxylic acids is 1. The normalized spacial score (nSPS) is 14.8. The summed E-state index contributed by atoms with van der Waals surface area (Å²) in [5.41, 5.74) is 3.62. The summed E-state index contributed by atoms with van der Waals surface area (Å²) in [6, 6.07) is 17.5. The number of amides is 1. The molecule has 144 valence electrons. The number of hydrogen-bond donors (Lipinski definition) is 2. The highest BCUT2D eigenvalue weighted by atomic mass is 35.5. The van der Waals surface area contributed by atoms with Crippen LogP contribution in [0.3, 0.4) is 0 Å². The van der Waals surface area contributed by atoms with Crippen LogP contribution >= 0.6 is 11.6 Å². The number of nitrogens with zero attached hydrogens (tertiary/aromatic N) is 2. The molecule has 2 aromatic carbocycles. The van der Waals surface area contributed by atoms with Crippen molar-refractivity contribution in [2.24, 2.45) is 0 Å². The summed E-state index contributed by atoms with van der Waals surface area (Å²) in [4.78, 5) is 13.0. The molecule has 3 aromatic rings. The first-order valence-corrected chi connectivity index (χ1v) is 9.97. The third-order valence-electron chi connectivity index (χ3n) is 5.14. The Morgan fingerprint density at radius 2 is 1.82 bits per heavy atom. The van der Waals surface area contributed by atoms with E-state index in [1.54, 1.807) is 6.20 Å². The summed E-state index contributed by atoms with van der Waals surface area (Å²) in [6.45, 7) is 2.39. The highest BCUT2D eigenvalue weighted by molar-refractivity contribution is 6.30. The lowest BCUT2D eigenvalue weighted by Crippen LogP contribution is -2.30. The summed E-state index contributed by atoms with van der Waals surface area (Å²) >= 11 is 6.04. The molecule has 4 rings (SSSR count). The molecule has 1 aliphatic heterocycles. The number of nitrogens with one attached hydrogen (secondary N) is 2. The molecular formula is C22H23ClN4O. The Kier molecular flexibility index (Phi) is 5.74. The van der Waals surface area contributed by atoms with Gasteiger partial charge in [-0.2, -0.15) is 5.10 Å².